The predicted molar refractivity (Wildman–Crippen MR) is 39.9 cm³/mol. The molecule has 12 heavy (non-hydrogen) atoms. The summed E-state index contributed by atoms with van der Waals surface area (Å²) in [6, 6.07) is 2.53. The van der Waals surface area contributed by atoms with Crippen LogP contribution in [0.3, 0.4) is 0 Å². The number of rotatable bonds is 1. The second-order valence-electron chi connectivity index (χ2n) is 2.98. The molecule has 0 fully saturated rings. The van der Waals surface area contributed by atoms with Gasteiger partial charge in [-0.25, -0.2) is 0 Å². The molecule has 1 nitrogen and oxygen atoms in total. The molecule has 1 rings (SSSR count). The van der Waals surface area contributed by atoms with E-state index in [9.17, 15) is 13.2 Å². The smallest absolute Gasteiger partial charge is 0.355 e. The van der Waals surface area contributed by atoms with Gasteiger partial charge in [-0.2, -0.15) is 13.2 Å². The Labute approximate surface area is 68.6 Å². The lowest BCUT2D eigenvalue weighted by molar-refractivity contribution is -0.140. The molecule has 68 valence electrons. The summed E-state index contributed by atoms with van der Waals surface area (Å²) in [5.41, 5.74) is -0.0616. The third-order valence-electron chi connectivity index (χ3n) is 1.64. The number of aromatic nitrogens is 1. The first-order chi connectivity index (χ1) is 5.41. The van der Waals surface area contributed by atoms with Crippen LogP contribution >= 0.6 is 0 Å². The van der Waals surface area contributed by atoms with Crippen LogP contribution in [0.1, 0.15) is 31.2 Å². The van der Waals surface area contributed by atoms with Crippen LogP contribution in [0.2, 0.25) is 0 Å². The number of H-pyrrole nitrogens is 1. The van der Waals surface area contributed by atoms with Crippen molar-refractivity contribution in [2.45, 2.75) is 25.9 Å². The molecule has 0 aliphatic rings. The van der Waals surface area contributed by atoms with Crippen molar-refractivity contribution >= 4 is 0 Å². The summed E-state index contributed by atoms with van der Waals surface area (Å²) >= 11 is 0. The van der Waals surface area contributed by atoms with Crippen LogP contribution in [0.5, 0.6) is 0 Å². The molecule has 0 amide bonds. The number of aromatic amines is 1. The number of halogens is 3. The Hall–Kier alpha value is -0.930. The van der Waals surface area contributed by atoms with Crippen LogP contribution in [0.25, 0.3) is 0 Å². The van der Waals surface area contributed by atoms with E-state index >= 15 is 0 Å². The van der Waals surface area contributed by atoms with Gasteiger partial charge in [-0.05, 0) is 18.1 Å². The fraction of sp³-hybridized carbons (Fsp3) is 0.500. The molecule has 0 saturated heterocycles. The van der Waals surface area contributed by atoms with Gasteiger partial charge < -0.3 is 4.98 Å². The van der Waals surface area contributed by atoms with Gasteiger partial charge >= 0.3 is 6.18 Å². The fourth-order valence-corrected chi connectivity index (χ4v) is 0.914. The Morgan fingerprint density at radius 2 is 1.83 bits per heavy atom. The van der Waals surface area contributed by atoms with Gasteiger partial charge in [-0.3, -0.25) is 0 Å². The molecule has 1 aromatic heterocycles. The van der Waals surface area contributed by atoms with Gasteiger partial charge in [0, 0.05) is 5.69 Å². The Morgan fingerprint density at radius 3 is 2.08 bits per heavy atom. The van der Waals surface area contributed by atoms with Crippen LogP contribution in [0, 0.1) is 0 Å². The van der Waals surface area contributed by atoms with Gasteiger partial charge in [0.2, 0.25) is 0 Å². The van der Waals surface area contributed by atoms with Crippen LogP contribution in [0.4, 0.5) is 13.2 Å². The van der Waals surface area contributed by atoms with Crippen molar-refractivity contribution in [3.63, 3.8) is 0 Å². The van der Waals surface area contributed by atoms with E-state index in [0.29, 0.717) is 5.69 Å². The molecule has 0 spiro atoms. The van der Waals surface area contributed by atoms with E-state index in [0.717, 1.165) is 6.07 Å². The van der Waals surface area contributed by atoms with Crippen molar-refractivity contribution in [2.24, 2.45) is 0 Å². The maximum atomic E-state index is 12.0. The standard InChI is InChI=1S/C8H10F3N/c1-5(2)6-3-4-7(12-6)8(9,10)11/h3-5,12H,1-2H3. The van der Waals surface area contributed by atoms with Gasteiger partial charge in [0.15, 0.2) is 0 Å². The Morgan fingerprint density at radius 1 is 1.25 bits per heavy atom. The molecular weight excluding hydrogens is 167 g/mol. The summed E-state index contributed by atoms with van der Waals surface area (Å²) < 4.78 is 36.1. The second-order valence-corrected chi connectivity index (χ2v) is 2.98. The minimum atomic E-state index is -4.26. The van der Waals surface area contributed by atoms with Crippen LogP contribution in [-0.4, -0.2) is 4.98 Å². The molecule has 0 atom stereocenters. The van der Waals surface area contributed by atoms with Gasteiger partial charge in [0.1, 0.15) is 5.69 Å². The summed E-state index contributed by atoms with van der Waals surface area (Å²) in [6.45, 7) is 3.68. The summed E-state index contributed by atoms with van der Waals surface area (Å²) in [4.78, 5) is 2.33. The molecule has 4 heteroatoms. The molecular formula is C8H10F3N. The van der Waals surface area contributed by atoms with Crippen molar-refractivity contribution in [3.05, 3.63) is 23.5 Å². The lowest BCUT2D eigenvalue weighted by Gasteiger charge is -2.03. The maximum absolute atomic E-state index is 12.0. The van der Waals surface area contributed by atoms with Gasteiger partial charge in [0.25, 0.3) is 0 Å². The average Bonchev–Trinajstić information content (AvgIpc) is 2.30. The highest BCUT2D eigenvalue weighted by Crippen LogP contribution is 2.29. The first-order valence-corrected chi connectivity index (χ1v) is 3.67. The highest BCUT2D eigenvalue weighted by Gasteiger charge is 2.32. The molecule has 1 heterocycles. The van der Waals surface area contributed by atoms with Crippen molar-refractivity contribution in [1.82, 2.24) is 4.98 Å². The van der Waals surface area contributed by atoms with Crippen molar-refractivity contribution in [1.29, 1.82) is 0 Å². The fourth-order valence-electron chi connectivity index (χ4n) is 0.914. The topological polar surface area (TPSA) is 15.8 Å². The predicted octanol–water partition coefficient (Wildman–Crippen LogP) is 3.16. The van der Waals surface area contributed by atoms with E-state index in [1.807, 2.05) is 13.8 Å². The van der Waals surface area contributed by atoms with Crippen LogP contribution in [0.15, 0.2) is 12.1 Å². The third-order valence-corrected chi connectivity index (χ3v) is 1.64. The monoisotopic (exact) mass is 177 g/mol. The van der Waals surface area contributed by atoms with Gasteiger partial charge in [-0.1, -0.05) is 13.8 Å². The van der Waals surface area contributed by atoms with Crippen molar-refractivity contribution < 1.29 is 13.2 Å². The second kappa shape index (κ2) is 2.84. The molecule has 0 aliphatic heterocycles. The molecule has 0 aliphatic carbocycles. The van der Waals surface area contributed by atoms with E-state index in [-0.39, 0.29) is 5.92 Å². The van der Waals surface area contributed by atoms with Crippen molar-refractivity contribution in [2.75, 3.05) is 0 Å². The zero-order valence-corrected chi connectivity index (χ0v) is 6.87. The number of hydrogen-bond donors (Lipinski definition) is 1. The molecule has 1 aromatic rings. The number of alkyl halides is 3. The van der Waals surface area contributed by atoms with E-state index in [4.69, 9.17) is 0 Å². The minimum Gasteiger partial charge on any atom is -0.355 e. The summed E-state index contributed by atoms with van der Waals surface area (Å²) in [7, 11) is 0. The lowest BCUT2D eigenvalue weighted by Crippen LogP contribution is -2.05. The van der Waals surface area contributed by atoms with E-state index < -0.39 is 11.9 Å². The largest absolute Gasteiger partial charge is 0.431 e. The Kier molecular flexibility index (Phi) is 2.17. The first-order valence-electron chi connectivity index (χ1n) is 3.67. The summed E-state index contributed by atoms with van der Waals surface area (Å²) in [5, 5.41) is 0. The number of hydrogen-bond acceptors (Lipinski definition) is 0. The van der Waals surface area contributed by atoms with Gasteiger partial charge in [-0.15, -0.1) is 0 Å². The lowest BCUT2D eigenvalue weighted by atomic mass is 10.1. The highest BCUT2D eigenvalue weighted by atomic mass is 19.4. The summed E-state index contributed by atoms with van der Waals surface area (Å²) in [5.74, 6) is 0.0982. The molecule has 1 N–H and O–H groups in total. The van der Waals surface area contributed by atoms with E-state index in [2.05, 4.69) is 4.98 Å². The first kappa shape index (κ1) is 9.16. The highest BCUT2D eigenvalue weighted by molar-refractivity contribution is 5.17. The third kappa shape index (κ3) is 1.81. The van der Waals surface area contributed by atoms with Gasteiger partial charge in [0.05, 0.1) is 0 Å². The van der Waals surface area contributed by atoms with Crippen LogP contribution < -0.4 is 0 Å². The van der Waals surface area contributed by atoms with E-state index in [1.54, 1.807) is 0 Å². The zero-order chi connectivity index (χ0) is 9.35. The average molecular weight is 177 g/mol. The maximum Gasteiger partial charge on any atom is 0.431 e. The minimum absolute atomic E-state index is 0.0982. The van der Waals surface area contributed by atoms with E-state index in [1.165, 1.54) is 6.07 Å². The van der Waals surface area contributed by atoms with Crippen molar-refractivity contribution in [3.8, 4) is 0 Å². The molecule has 0 saturated carbocycles. The summed E-state index contributed by atoms with van der Waals surface area (Å²) in [6.07, 6.45) is -4.26. The Balaban J connectivity index is 2.92. The zero-order valence-electron chi connectivity index (χ0n) is 6.87. The number of nitrogens with one attached hydrogen (secondary N) is 1. The Bertz CT molecular complexity index is 260. The van der Waals surface area contributed by atoms with Crippen LogP contribution in [-0.2, 0) is 6.18 Å². The SMILES string of the molecule is CC(C)c1ccc(C(F)(F)F)[nH]1. The normalized spacial score (nSPS) is 12.5. The molecule has 0 bridgehead atoms. The molecule has 0 unspecified atom stereocenters. The molecule has 0 aromatic carbocycles. The molecule has 0 radical (unpaired) electrons. The quantitative estimate of drug-likeness (QED) is 0.678.